The van der Waals surface area contributed by atoms with Crippen LogP contribution in [0.3, 0.4) is 0 Å². The van der Waals surface area contributed by atoms with Gasteiger partial charge in [-0.25, -0.2) is 0 Å². The van der Waals surface area contributed by atoms with Crippen molar-refractivity contribution in [3.8, 4) is 0 Å². The van der Waals surface area contributed by atoms with Gasteiger partial charge >= 0.3 is 0 Å². The standard InChI is InChI=1S/C22H45NO/c1-2-3-4-5-6-7-8-9-10-11-12-13-14-15-16-17-18-19-20-23-21-22-24/h21,24H,2-20,22H2,1H3. The summed E-state index contributed by atoms with van der Waals surface area (Å²) >= 11 is 0. The van der Waals surface area contributed by atoms with E-state index in [1.165, 1.54) is 116 Å². The average Bonchev–Trinajstić information content (AvgIpc) is 2.60. The maximum Gasteiger partial charge on any atom is 0.0779 e. The van der Waals surface area contributed by atoms with Crippen LogP contribution in [-0.4, -0.2) is 24.5 Å². The van der Waals surface area contributed by atoms with Crippen LogP contribution in [-0.2, 0) is 0 Å². The minimum atomic E-state index is 0.0824. The van der Waals surface area contributed by atoms with Gasteiger partial charge in [-0.05, 0) is 6.42 Å². The van der Waals surface area contributed by atoms with E-state index in [1.54, 1.807) is 6.21 Å². The molecule has 0 heterocycles. The molecule has 1 N–H and O–H groups in total. The van der Waals surface area contributed by atoms with Gasteiger partial charge in [0, 0.05) is 12.8 Å². The summed E-state index contributed by atoms with van der Waals surface area (Å²) in [6.45, 7) is 3.26. The second-order valence-electron chi connectivity index (χ2n) is 7.28. The molecule has 24 heavy (non-hydrogen) atoms. The van der Waals surface area contributed by atoms with Gasteiger partial charge < -0.3 is 5.11 Å². The van der Waals surface area contributed by atoms with Gasteiger partial charge in [-0.1, -0.05) is 116 Å². The van der Waals surface area contributed by atoms with Crippen LogP contribution in [0.2, 0.25) is 0 Å². The Labute approximate surface area is 152 Å². The largest absolute Gasteiger partial charge is 0.391 e. The van der Waals surface area contributed by atoms with Crippen LogP contribution in [0, 0.1) is 0 Å². The summed E-state index contributed by atoms with van der Waals surface area (Å²) in [5.41, 5.74) is 0. The van der Waals surface area contributed by atoms with Crippen LogP contribution in [0.15, 0.2) is 4.99 Å². The van der Waals surface area contributed by atoms with E-state index in [4.69, 9.17) is 5.11 Å². The lowest BCUT2D eigenvalue weighted by molar-refractivity contribution is 0.361. The first kappa shape index (κ1) is 23.6. The molecule has 0 amide bonds. The minimum absolute atomic E-state index is 0.0824. The van der Waals surface area contributed by atoms with Crippen molar-refractivity contribution in [2.24, 2.45) is 4.99 Å². The number of unbranched alkanes of at least 4 members (excludes halogenated alkanes) is 17. The molecule has 0 aliphatic rings. The highest BCUT2D eigenvalue weighted by Crippen LogP contribution is 2.14. The minimum Gasteiger partial charge on any atom is -0.391 e. The van der Waals surface area contributed by atoms with Gasteiger partial charge in [-0.15, -0.1) is 0 Å². The summed E-state index contributed by atoms with van der Waals surface area (Å²) in [5.74, 6) is 0. The summed E-state index contributed by atoms with van der Waals surface area (Å²) < 4.78 is 0. The molecule has 0 atom stereocenters. The number of aliphatic hydroxyl groups is 1. The highest BCUT2D eigenvalue weighted by molar-refractivity contribution is 5.57. The van der Waals surface area contributed by atoms with Gasteiger partial charge in [0.1, 0.15) is 0 Å². The van der Waals surface area contributed by atoms with Gasteiger partial charge in [-0.2, -0.15) is 0 Å². The third kappa shape index (κ3) is 21.6. The fourth-order valence-electron chi connectivity index (χ4n) is 3.25. The lowest BCUT2D eigenvalue weighted by Crippen LogP contribution is -1.87. The molecule has 0 saturated heterocycles. The Kier molecular flexibility index (Phi) is 22.3. The Morgan fingerprint density at radius 3 is 1.21 bits per heavy atom. The average molecular weight is 340 g/mol. The zero-order valence-electron chi connectivity index (χ0n) is 16.6. The summed E-state index contributed by atoms with van der Waals surface area (Å²) in [7, 11) is 0. The van der Waals surface area contributed by atoms with Crippen LogP contribution in [0.25, 0.3) is 0 Å². The van der Waals surface area contributed by atoms with E-state index < -0.39 is 0 Å². The van der Waals surface area contributed by atoms with E-state index in [2.05, 4.69) is 11.9 Å². The van der Waals surface area contributed by atoms with Crippen LogP contribution >= 0.6 is 0 Å². The monoisotopic (exact) mass is 339 g/mol. The van der Waals surface area contributed by atoms with Crippen molar-refractivity contribution in [3.05, 3.63) is 0 Å². The Morgan fingerprint density at radius 1 is 0.542 bits per heavy atom. The molecule has 2 heteroatoms. The lowest BCUT2D eigenvalue weighted by atomic mass is 10.0. The first-order valence-corrected chi connectivity index (χ1v) is 11.0. The molecule has 0 aliphatic carbocycles. The molecule has 0 spiro atoms. The molecule has 0 fully saturated rings. The number of hydrogen-bond acceptors (Lipinski definition) is 2. The van der Waals surface area contributed by atoms with E-state index in [0.29, 0.717) is 0 Å². The van der Waals surface area contributed by atoms with Crippen molar-refractivity contribution >= 4 is 6.21 Å². The Balaban J connectivity index is 2.97. The zero-order valence-corrected chi connectivity index (χ0v) is 16.6. The molecule has 2 nitrogen and oxygen atoms in total. The van der Waals surface area contributed by atoms with Crippen LogP contribution in [0.4, 0.5) is 0 Å². The third-order valence-electron chi connectivity index (χ3n) is 4.85. The normalized spacial score (nSPS) is 11.6. The van der Waals surface area contributed by atoms with E-state index in [1.807, 2.05) is 0 Å². The Morgan fingerprint density at radius 2 is 0.875 bits per heavy atom. The number of aliphatic hydroxyl groups excluding tert-OH is 1. The summed E-state index contributed by atoms with van der Waals surface area (Å²) in [6, 6.07) is 0. The van der Waals surface area contributed by atoms with Crippen molar-refractivity contribution in [1.29, 1.82) is 0 Å². The SMILES string of the molecule is CCCCCCCCCCCCCCCCCCCCN=CCO. The van der Waals surface area contributed by atoms with Crippen LogP contribution in [0.1, 0.15) is 122 Å². The smallest absolute Gasteiger partial charge is 0.0779 e. The van der Waals surface area contributed by atoms with E-state index in [9.17, 15) is 0 Å². The van der Waals surface area contributed by atoms with Gasteiger partial charge in [0.05, 0.1) is 6.61 Å². The van der Waals surface area contributed by atoms with E-state index >= 15 is 0 Å². The molecule has 0 aliphatic heterocycles. The van der Waals surface area contributed by atoms with Gasteiger partial charge in [0.25, 0.3) is 0 Å². The first-order chi connectivity index (χ1) is 11.9. The van der Waals surface area contributed by atoms with Gasteiger partial charge in [-0.3, -0.25) is 4.99 Å². The highest BCUT2D eigenvalue weighted by Gasteiger charge is 1.94. The molecule has 0 radical (unpaired) electrons. The molecule has 0 saturated carbocycles. The molecule has 0 bridgehead atoms. The predicted molar refractivity (Wildman–Crippen MR) is 109 cm³/mol. The number of aliphatic imine (C=N–C) groups is 1. The maximum atomic E-state index is 8.57. The zero-order chi connectivity index (χ0) is 17.6. The molecule has 144 valence electrons. The molecule has 0 aromatic carbocycles. The van der Waals surface area contributed by atoms with E-state index in [0.717, 1.165) is 6.54 Å². The molecule has 0 unspecified atom stereocenters. The number of nitrogens with zero attached hydrogens (tertiary/aromatic N) is 1. The Hall–Kier alpha value is -0.370. The van der Waals surface area contributed by atoms with Crippen LogP contribution < -0.4 is 0 Å². The molecule has 0 rings (SSSR count). The van der Waals surface area contributed by atoms with E-state index in [-0.39, 0.29) is 6.61 Å². The molecule has 0 aromatic heterocycles. The Bertz CT molecular complexity index is 240. The fraction of sp³-hybridized carbons (Fsp3) is 0.955. The summed E-state index contributed by atoms with van der Waals surface area (Å²) in [6.07, 6.45) is 27.0. The van der Waals surface area contributed by atoms with Gasteiger partial charge in [0.15, 0.2) is 0 Å². The van der Waals surface area contributed by atoms with Crippen LogP contribution in [0.5, 0.6) is 0 Å². The maximum absolute atomic E-state index is 8.57. The predicted octanol–water partition coefficient (Wildman–Crippen LogP) is 7.09. The molecular formula is C22H45NO. The molecule has 0 aromatic rings. The molecular weight excluding hydrogens is 294 g/mol. The van der Waals surface area contributed by atoms with Crippen molar-refractivity contribution in [2.75, 3.05) is 13.2 Å². The highest BCUT2D eigenvalue weighted by atomic mass is 16.2. The number of rotatable bonds is 20. The second kappa shape index (κ2) is 22.6. The quantitative estimate of drug-likeness (QED) is 0.186. The topological polar surface area (TPSA) is 32.6 Å². The van der Waals surface area contributed by atoms with Gasteiger partial charge in [0.2, 0.25) is 0 Å². The van der Waals surface area contributed by atoms with Crippen molar-refractivity contribution in [2.45, 2.75) is 122 Å². The van der Waals surface area contributed by atoms with Crippen molar-refractivity contribution in [3.63, 3.8) is 0 Å². The lowest BCUT2D eigenvalue weighted by Gasteiger charge is -2.03. The fourth-order valence-corrected chi connectivity index (χ4v) is 3.25. The second-order valence-corrected chi connectivity index (χ2v) is 7.28. The summed E-state index contributed by atoms with van der Waals surface area (Å²) in [4.78, 5) is 4.13. The first-order valence-electron chi connectivity index (χ1n) is 11.0. The third-order valence-corrected chi connectivity index (χ3v) is 4.85. The number of hydrogen-bond donors (Lipinski definition) is 1. The van der Waals surface area contributed by atoms with Crippen molar-refractivity contribution < 1.29 is 5.11 Å². The van der Waals surface area contributed by atoms with Crippen molar-refractivity contribution in [1.82, 2.24) is 0 Å². The summed E-state index contributed by atoms with van der Waals surface area (Å²) in [5, 5.41) is 8.57.